The lowest BCUT2D eigenvalue weighted by Crippen LogP contribution is -2.55. The van der Waals surface area contributed by atoms with Gasteiger partial charge in [0.2, 0.25) is 0 Å². The molecule has 3 nitrogen and oxygen atoms in total. The first-order valence-corrected chi connectivity index (χ1v) is 9.50. The Labute approximate surface area is 147 Å². The number of hydrogen-bond acceptors (Lipinski definition) is 3. The lowest BCUT2D eigenvalue weighted by molar-refractivity contribution is 0.0226. The fourth-order valence-corrected chi connectivity index (χ4v) is 4.99. The van der Waals surface area contributed by atoms with E-state index in [0.29, 0.717) is 23.2 Å². The summed E-state index contributed by atoms with van der Waals surface area (Å²) in [4.78, 5) is 2.51. The van der Waals surface area contributed by atoms with Crippen LogP contribution in [0.5, 0.6) is 0 Å². The van der Waals surface area contributed by atoms with Crippen LogP contribution < -0.4 is 5.73 Å². The molecule has 1 aromatic rings. The van der Waals surface area contributed by atoms with E-state index >= 15 is 0 Å². The Kier molecular flexibility index (Phi) is 5.93. The van der Waals surface area contributed by atoms with Crippen LogP contribution in [0.15, 0.2) is 12.1 Å². The number of aryl methyl sites for hydroxylation is 1. The molecule has 1 heterocycles. The molecule has 3 atom stereocenters. The van der Waals surface area contributed by atoms with Crippen molar-refractivity contribution in [2.45, 2.75) is 71.3 Å². The summed E-state index contributed by atoms with van der Waals surface area (Å²) in [5.74, 6) is 0.700. The number of nitrogens with zero attached hydrogens (tertiary/aromatic N) is 2. The second kappa shape index (κ2) is 7.57. The summed E-state index contributed by atoms with van der Waals surface area (Å²) >= 11 is 0. The van der Waals surface area contributed by atoms with Crippen molar-refractivity contribution < 1.29 is 0 Å². The average molecular weight is 328 g/mol. The van der Waals surface area contributed by atoms with Gasteiger partial charge in [0.1, 0.15) is 6.07 Å². The minimum absolute atomic E-state index is 0.260. The zero-order chi connectivity index (χ0) is 17.9. The van der Waals surface area contributed by atoms with Gasteiger partial charge >= 0.3 is 0 Å². The molecule has 0 aromatic heterocycles. The maximum Gasteiger partial charge on any atom is 0.101 e. The SMILES string of the molecule is CC.Cc1cc(C#N)c(N)cc1C12CCCCC1C(C)N(C)CC2. The summed E-state index contributed by atoms with van der Waals surface area (Å²) in [6.07, 6.45) is 6.44. The van der Waals surface area contributed by atoms with E-state index in [-0.39, 0.29) is 5.41 Å². The second-order valence-electron chi connectivity index (χ2n) is 7.35. The molecule has 3 unspecified atom stereocenters. The van der Waals surface area contributed by atoms with Crippen LogP contribution in [-0.2, 0) is 5.41 Å². The smallest absolute Gasteiger partial charge is 0.101 e. The fourth-order valence-electron chi connectivity index (χ4n) is 4.99. The first-order valence-electron chi connectivity index (χ1n) is 9.50. The molecule has 2 aliphatic rings. The Morgan fingerprint density at radius 1 is 1.25 bits per heavy atom. The molecule has 1 saturated heterocycles. The van der Waals surface area contributed by atoms with Crippen LogP contribution in [0.3, 0.4) is 0 Å². The highest BCUT2D eigenvalue weighted by Crippen LogP contribution is 2.52. The molecule has 2 fully saturated rings. The van der Waals surface area contributed by atoms with Crippen molar-refractivity contribution in [1.82, 2.24) is 4.90 Å². The molecular formula is C21H33N3. The van der Waals surface area contributed by atoms with Crippen molar-refractivity contribution in [3.05, 3.63) is 28.8 Å². The summed E-state index contributed by atoms with van der Waals surface area (Å²) in [5.41, 5.74) is 10.3. The number of anilines is 1. The molecule has 1 saturated carbocycles. The number of likely N-dealkylation sites (tertiary alicyclic amines) is 1. The molecule has 0 spiro atoms. The van der Waals surface area contributed by atoms with E-state index in [2.05, 4.69) is 37.9 Å². The van der Waals surface area contributed by atoms with Crippen LogP contribution in [0, 0.1) is 24.2 Å². The Balaban J connectivity index is 0.00000100. The number of nitrogen functional groups attached to an aromatic ring is 1. The standard InChI is InChI=1S/C19H27N3.C2H6/c1-13-10-15(12-20)18(21)11-17(13)19-7-5-4-6-16(19)14(2)22(3)9-8-19;1-2/h10-11,14,16H,4-9,21H2,1-3H3;1-2H3. The molecule has 132 valence electrons. The van der Waals surface area contributed by atoms with Gasteiger partial charge < -0.3 is 10.6 Å². The van der Waals surface area contributed by atoms with Crippen LogP contribution in [0.2, 0.25) is 0 Å². The van der Waals surface area contributed by atoms with Gasteiger partial charge in [-0.25, -0.2) is 0 Å². The maximum atomic E-state index is 9.21. The first kappa shape index (κ1) is 18.8. The summed E-state index contributed by atoms with van der Waals surface area (Å²) in [5, 5.41) is 9.21. The normalized spacial score (nSPS) is 29.8. The van der Waals surface area contributed by atoms with E-state index in [9.17, 15) is 5.26 Å². The minimum atomic E-state index is 0.260. The third kappa shape index (κ3) is 3.05. The van der Waals surface area contributed by atoms with Crippen molar-refractivity contribution in [3.8, 4) is 6.07 Å². The first-order chi connectivity index (χ1) is 11.5. The number of rotatable bonds is 1. The predicted molar refractivity (Wildman–Crippen MR) is 102 cm³/mol. The predicted octanol–water partition coefficient (Wildman–Crippen LogP) is 4.63. The van der Waals surface area contributed by atoms with Gasteiger partial charge in [-0.2, -0.15) is 5.26 Å². The van der Waals surface area contributed by atoms with Crippen molar-refractivity contribution in [2.24, 2.45) is 5.92 Å². The number of piperidine rings is 1. The van der Waals surface area contributed by atoms with Gasteiger partial charge in [0.15, 0.2) is 0 Å². The van der Waals surface area contributed by atoms with Gasteiger partial charge in [-0.05, 0) is 75.9 Å². The fraction of sp³-hybridized carbons (Fsp3) is 0.667. The Morgan fingerprint density at radius 2 is 1.96 bits per heavy atom. The van der Waals surface area contributed by atoms with Crippen LogP contribution >= 0.6 is 0 Å². The quantitative estimate of drug-likeness (QED) is 0.765. The van der Waals surface area contributed by atoms with E-state index in [1.165, 1.54) is 43.2 Å². The molecule has 3 heteroatoms. The molecule has 1 aromatic carbocycles. The summed E-state index contributed by atoms with van der Waals surface area (Å²) in [6, 6.07) is 6.94. The largest absolute Gasteiger partial charge is 0.398 e. The van der Waals surface area contributed by atoms with Crippen molar-refractivity contribution >= 4 is 5.69 Å². The number of nitriles is 1. The van der Waals surface area contributed by atoms with Crippen LogP contribution in [-0.4, -0.2) is 24.5 Å². The highest BCUT2D eigenvalue weighted by atomic mass is 15.1. The number of fused-ring (bicyclic) bond motifs is 1. The minimum Gasteiger partial charge on any atom is -0.398 e. The van der Waals surface area contributed by atoms with Crippen LogP contribution in [0.25, 0.3) is 0 Å². The third-order valence-corrected chi connectivity index (χ3v) is 6.34. The lowest BCUT2D eigenvalue weighted by Gasteiger charge is -2.54. The summed E-state index contributed by atoms with van der Waals surface area (Å²) < 4.78 is 0. The second-order valence-corrected chi connectivity index (χ2v) is 7.35. The molecule has 3 rings (SSSR count). The molecule has 2 N–H and O–H groups in total. The topological polar surface area (TPSA) is 53.1 Å². The van der Waals surface area contributed by atoms with Gasteiger partial charge in [0.25, 0.3) is 0 Å². The Morgan fingerprint density at radius 3 is 2.62 bits per heavy atom. The molecule has 1 aliphatic carbocycles. The van der Waals surface area contributed by atoms with Crippen molar-refractivity contribution in [3.63, 3.8) is 0 Å². The molecule has 0 radical (unpaired) electrons. The molecule has 0 amide bonds. The highest BCUT2D eigenvalue weighted by Gasteiger charge is 2.48. The van der Waals surface area contributed by atoms with Gasteiger partial charge in [-0.15, -0.1) is 0 Å². The van der Waals surface area contributed by atoms with Crippen LogP contribution in [0.1, 0.15) is 69.6 Å². The number of nitrogens with two attached hydrogens (primary N) is 1. The Bertz CT molecular complexity index is 616. The average Bonchev–Trinajstić information content (AvgIpc) is 2.61. The Hall–Kier alpha value is -1.53. The van der Waals surface area contributed by atoms with Crippen LogP contribution in [0.4, 0.5) is 5.69 Å². The van der Waals surface area contributed by atoms with Crippen molar-refractivity contribution in [1.29, 1.82) is 5.26 Å². The summed E-state index contributed by atoms with van der Waals surface area (Å²) in [7, 11) is 2.25. The molecule has 24 heavy (non-hydrogen) atoms. The van der Waals surface area contributed by atoms with Gasteiger partial charge in [0, 0.05) is 17.1 Å². The maximum absolute atomic E-state index is 9.21. The zero-order valence-electron chi connectivity index (χ0n) is 16.0. The van der Waals surface area contributed by atoms with E-state index in [0.717, 1.165) is 6.54 Å². The third-order valence-electron chi connectivity index (χ3n) is 6.34. The van der Waals surface area contributed by atoms with E-state index in [1.807, 2.05) is 19.9 Å². The van der Waals surface area contributed by atoms with Gasteiger partial charge in [0.05, 0.1) is 5.56 Å². The summed E-state index contributed by atoms with van der Waals surface area (Å²) in [6.45, 7) is 9.68. The highest BCUT2D eigenvalue weighted by molar-refractivity contribution is 5.59. The van der Waals surface area contributed by atoms with E-state index in [4.69, 9.17) is 5.73 Å². The lowest BCUT2D eigenvalue weighted by atomic mass is 9.56. The van der Waals surface area contributed by atoms with Crippen molar-refractivity contribution in [2.75, 3.05) is 19.3 Å². The van der Waals surface area contributed by atoms with Gasteiger partial charge in [-0.1, -0.05) is 26.7 Å². The monoisotopic (exact) mass is 327 g/mol. The van der Waals surface area contributed by atoms with E-state index in [1.54, 1.807) is 0 Å². The number of benzene rings is 1. The zero-order valence-corrected chi connectivity index (χ0v) is 16.0. The van der Waals surface area contributed by atoms with E-state index < -0.39 is 0 Å². The molecular weight excluding hydrogens is 294 g/mol. The molecule has 1 aliphatic heterocycles. The number of hydrogen-bond donors (Lipinski definition) is 1. The van der Waals surface area contributed by atoms with Gasteiger partial charge in [-0.3, -0.25) is 0 Å². The molecule has 0 bridgehead atoms.